The zero-order valence-electron chi connectivity index (χ0n) is 15.7. The Morgan fingerprint density at radius 3 is 2.29 bits per heavy atom. The minimum absolute atomic E-state index is 0.206. The predicted octanol–water partition coefficient (Wildman–Crippen LogP) is 3.23. The van der Waals surface area contributed by atoms with Crippen molar-refractivity contribution in [2.75, 3.05) is 13.1 Å². The van der Waals surface area contributed by atoms with Crippen molar-refractivity contribution in [3.8, 4) is 11.8 Å². The Hall–Kier alpha value is -3.33. The molecule has 6 nitrogen and oxygen atoms in total. The van der Waals surface area contributed by atoms with Crippen LogP contribution >= 0.6 is 0 Å². The molecule has 3 rings (SSSR count). The van der Waals surface area contributed by atoms with Crippen LogP contribution in [-0.2, 0) is 14.3 Å². The van der Waals surface area contributed by atoms with Crippen molar-refractivity contribution in [3.63, 3.8) is 0 Å². The van der Waals surface area contributed by atoms with Gasteiger partial charge in [-0.15, -0.1) is 0 Å². The highest BCUT2D eigenvalue weighted by Gasteiger charge is 2.32. The summed E-state index contributed by atoms with van der Waals surface area (Å²) in [5.41, 5.74) is 1.14. The van der Waals surface area contributed by atoms with Crippen LogP contribution in [0.15, 0.2) is 54.6 Å². The maximum atomic E-state index is 12.9. The lowest BCUT2D eigenvalue weighted by Gasteiger charge is -2.25. The third-order valence-corrected chi connectivity index (χ3v) is 4.61. The summed E-state index contributed by atoms with van der Waals surface area (Å²) in [6, 6.07) is 17.5. The molecule has 0 bridgehead atoms. The van der Waals surface area contributed by atoms with E-state index in [-0.39, 0.29) is 5.91 Å². The summed E-state index contributed by atoms with van der Waals surface area (Å²) < 4.78 is 11.2. The Balaban J connectivity index is 1.70. The van der Waals surface area contributed by atoms with Crippen molar-refractivity contribution in [1.29, 1.82) is 5.26 Å². The molecule has 0 radical (unpaired) electrons. The van der Waals surface area contributed by atoms with Crippen LogP contribution in [0.3, 0.4) is 0 Å². The number of benzene rings is 2. The lowest BCUT2D eigenvalue weighted by atomic mass is 10.1. The summed E-state index contributed by atoms with van der Waals surface area (Å²) in [4.78, 5) is 27.2. The second-order valence-corrected chi connectivity index (χ2v) is 6.66. The van der Waals surface area contributed by atoms with Gasteiger partial charge >= 0.3 is 5.97 Å². The van der Waals surface area contributed by atoms with Crippen LogP contribution in [0.25, 0.3) is 0 Å². The quantitative estimate of drug-likeness (QED) is 0.721. The van der Waals surface area contributed by atoms with Gasteiger partial charge in [0.25, 0.3) is 5.91 Å². The first-order chi connectivity index (χ1) is 13.6. The Morgan fingerprint density at radius 2 is 1.68 bits per heavy atom. The van der Waals surface area contributed by atoms with Crippen LogP contribution in [0.5, 0.6) is 5.75 Å². The van der Waals surface area contributed by atoms with E-state index in [1.165, 1.54) is 0 Å². The first-order valence-electron chi connectivity index (χ1n) is 9.29. The number of rotatable bonds is 6. The molecule has 2 atom stereocenters. The molecular weight excluding hydrogens is 356 g/mol. The number of ether oxygens (including phenoxy) is 2. The van der Waals surface area contributed by atoms with Crippen LogP contribution in [0.2, 0.25) is 0 Å². The van der Waals surface area contributed by atoms with Gasteiger partial charge in [-0.3, -0.25) is 4.79 Å². The minimum Gasteiger partial charge on any atom is -0.479 e. The van der Waals surface area contributed by atoms with Crippen molar-refractivity contribution in [2.24, 2.45) is 0 Å². The summed E-state index contributed by atoms with van der Waals surface area (Å²) in [7, 11) is 0. The molecule has 0 saturated carbocycles. The van der Waals surface area contributed by atoms with Crippen LogP contribution in [0.1, 0.15) is 37.0 Å². The van der Waals surface area contributed by atoms with Crippen LogP contribution < -0.4 is 4.74 Å². The highest BCUT2D eigenvalue weighted by molar-refractivity contribution is 5.86. The Bertz CT molecular complexity index is 852. The van der Waals surface area contributed by atoms with Gasteiger partial charge in [-0.2, -0.15) is 5.26 Å². The lowest BCUT2D eigenvalue weighted by molar-refractivity contribution is -0.165. The number of hydrogen-bond donors (Lipinski definition) is 0. The number of carbonyl (C=O) groups excluding carboxylic acids is 2. The van der Waals surface area contributed by atoms with Crippen molar-refractivity contribution < 1.29 is 19.1 Å². The molecule has 28 heavy (non-hydrogen) atoms. The minimum atomic E-state index is -0.987. The second kappa shape index (κ2) is 9.05. The molecule has 1 saturated heterocycles. The van der Waals surface area contributed by atoms with Gasteiger partial charge < -0.3 is 14.4 Å². The average Bonchev–Trinajstić information content (AvgIpc) is 3.27. The molecule has 1 fully saturated rings. The number of carbonyl (C=O) groups is 2. The molecular formula is C22H22N2O4. The monoisotopic (exact) mass is 378 g/mol. The van der Waals surface area contributed by atoms with E-state index in [4.69, 9.17) is 14.7 Å². The summed E-state index contributed by atoms with van der Waals surface area (Å²) in [5, 5.41) is 8.85. The fourth-order valence-electron chi connectivity index (χ4n) is 3.06. The van der Waals surface area contributed by atoms with Crippen molar-refractivity contribution >= 4 is 11.9 Å². The first kappa shape index (κ1) is 19.4. The largest absolute Gasteiger partial charge is 0.479 e. The van der Waals surface area contributed by atoms with Crippen LogP contribution in [0, 0.1) is 11.3 Å². The summed E-state index contributed by atoms with van der Waals surface area (Å²) >= 11 is 0. The fourth-order valence-corrected chi connectivity index (χ4v) is 3.06. The molecule has 0 unspecified atom stereocenters. The molecule has 1 amide bonds. The maximum absolute atomic E-state index is 12.9. The third-order valence-electron chi connectivity index (χ3n) is 4.61. The van der Waals surface area contributed by atoms with Gasteiger partial charge in [0.1, 0.15) is 5.75 Å². The van der Waals surface area contributed by atoms with Gasteiger partial charge in [0.2, 0.25) is 6.10 Å². The number of esters is 1. The number of nitrogens with zero attached hydrogens (tertiary/aromatic N) is 2. The summed E-state index contributed by atoms with van der Waals surface area (Å²) in [5.74, 6) is -0.376. The number of likely N-dealkylation sites (tertiary alicyclic amines) is 1. The first-order valence-corrected chi connectivity index (χ1v) is 9.29. The van der Waals surface area contributed by atoms with E-state index in [0.717, 1.165) is 12.8 Å². The van der Waals surface area contributed by atoms with E-state index in [1.54, 1.807) is 48.2 Å². The highest BCUT2D eigenvalue weighted by Crippen LogP contribution is 2.24. The summed E-state index contributed by atoms with van der Waals surface area (Å²) in [6.07, 6.45) is 0.0306. The van der Waals surface area contributed by atoms with Gasteiger partial charge in [-0.05, 0) is 44.0 Å². The fraction of sp³-hybridized carbons (Fsp3) is 0.318. The molecule has 1 aliphatic heterocycles. The molecule has 2 aromatic rings. The van der Waals surface area contributed by atoms with Crippen molar-refractivity contribution in [1.82, 2.24) is 4.90 Å². The third kappa shape index (κ3) is 4.68. The standard InChI is InChI=1S/C22H22N2O4/c1-16(27-19-11-9-17(15-23)10-12-19)22(26)28-20(18-7-3-2-4-8-18)21(25)24-13-5-6-14-24/h2-4,7-12,16,20H,5-6,13-14H2,1H3/t16-,20-/m0/s1. The molecule has 0 aliphatic carbocycles. The smallest absolute Gasteiger partial charge is 0.348 e. The lowest BCUT2D eigenvalue weighted by Crippen LogP contribution is -2.37. The Labute approximate surface area is 164 Å². The normalized spacial score (nSPS) is 15.4. The molecule has 0 aromatic heterocycles. The van der Waals surface area contributed by atoms with Gasteiger partial charge in [0, 0.05) is 18.7 Å². The van der Waals surface area contributed by atoms with Gasteiger partial charge in [-0.25, -0.2) is 4.79 Å². The second-order valence-electron chi connectivity index (χ2n) is 6.66. The van der Waals surface area contributed by atoms with E-state index >= 15 is 0 Å². The van der Waals surface area contributed by atoms with E-state index in [1.807, 2.05) is 24.3 Å². The van der Waals surface area contributed by atoms with E-state index < -0.39 is 18.2 Å². The number of hydrogen-bond acceptors (Lipinski definition) is 5. The number of nitriles is 1. The Kier molecular flexibility index (Phi) is 6.28. The molecule has 1 heterocycles. The van der Waals surface area contributed by atoms with E-state index in [2.05, 4.69) is 0 Å². The molecule has 1 aliphatic rings. The van der Waals surface area contributed by atoms with Crippen molar-refractivity contribution in [2.45, 2.75) is 32.0 Å². The summed E-state index contributed by atoms with van der Waals surface area (Å²) in [6.45, 7) is 2.93. The molecule has 0 N–H and O–H groups in total. The Morgan fingerprint density at radius 1 is 1.04 bits per heavy atom. The van der Waals surface area contributed by atoms with E-state index in [0.29, 0.717) is 30.0 Å². The molecule has 144 valence electrons. The van der Waals surface area contributed by atoms with E-state index in [9.17, 15) is 9.59 Å². The van der Waals surface area contributed by atoms with Gasteiger partial charge in [-0.1, -0.05) is 30.3 Å². The SMILES string of the molecule is C[C@H](Oc1ccc(C#N)cc1)C(=O)O[C@H](C(=O)N1CCCC1)c1ccccc1. The van der Waals surface area contributed by atoms with Crippen molar-refractivity contribution in [3.05, 3.63) is 65.7 Å². The maximum Gasteiger partial charge on any atom is 0.348 e. The highest BCUT2D eigenvalue weighted by atomic mass is 16.6. The molecule has 2 aromatic carbocycles. The average molecular weight is 378 g/mol. The predicted molar refractivity (Wildman–Crippen MR) is 102 cm³/mol. The molecule has 6 heteroatoms. The zero-order valence-corrected chi connectivity index (χ0v) is 15.7. The van der Waals surface area contributed by atoms with Crippen LogP contribution in [-0.4, -0.2) is 36.0 Å². The van der Waals surface area contributed by atoms with Gasteiger partial charge in [0.15, 0.2) is 6.10 Å². The topological polar surface area (TPSA) is 79.6 Å². The molecule has 0 spiro atoms. The van der Waals surface area contributed by atoms with Crippen LogP contribution in [0.4, 0.5) is 0 Å². The van der Waals surface area contributed by atoms with Gasteiger partial charge in [0.05, 0.1) is 11.6 Å². The number of amides is 1. The zero-order chi connectivity index (χ0) is 19.9.